The van der Waals surface area contributed by atoms with E-state index in [-0.39, 0.29) is 5.91 Å². The largest absolute Gasteiger partial charge is 0.497 e. The van der Waals surface area contributed by atoms with Gasteiger partial charge in [-0.3, -0.25) is 14.8 Å². The Labute approximate surface area is 167 Å². The van der Waals surface area contributed by atoms with Crippen molar-refractivity contribution >= 4 is 22.4 Å². The number of ether oxygens (including phenoxy) is 2. The number of methoxy groups -OCH3 is 2. The molecule has 0 saturated carbocycles. The predicted octanol–water partition coefficient (Wildman–Crippen LogP) is 3.69. The Balaban J connectivity index is 1.60. The van der Waals surface area contributed by atoms with Gasteiger partial charge in [0, 0.05) is 23.6 Å². The predicted molar refractivity (Wildman–Crippen MR) is 108 cm³/mol. The third-order valence-electron chi connectivity index (χ3n) is 4.94. The van der Waals surface area contributed by atoms with E-state index in [2.05, 4.69) is 15.4 Å². The van der Waals surface area contributed by atoms with Gasteiger partial charge in [0.1, 0.15) is 17.2 Å². The van der Waals surface area contributed by atoms with Crippen molar-refractivity contribution in [2.45, 2.75) is 25.7 Å². The summed E-state index contributed by atoms with van der Waals surface area (Å²) in [5.41, 5.74) is 4.28. The topological polar surface area (TPSA) is 78.3 Å². The van der Waals surface area contributed by atoms with Crippen LogP contribution in [0.25, 0.3) is 11.3 Å². The van der Waals surface area contributed by atoms with Crippen LogP contribution in [0.1, 0.15) is 34.6 Å². The third-order valence-corrected chi connectivity index (χ3v) is 5.70. The van der Waals surface area contributed by atoms with Crippen molar-refractivity contribution in [2.24, 2.45) is 7.05 Å². The Morgan fingerprint density at radius 2 is 2.04 bits per heavy atom. The highest BCUT2D eigenvalue weighted by Gasteiger charge is 2.24. The number of fused-ring (bicyclic) bond motifs is 1. The molecule has 7 nitrogen and oxygen atoms in total. The molecule has 0 atom stereocenters. The van der Waals surface area contributed by atoms with Gasteiger partial charge in [0.05, 0.1) is 25.6 Å². The molecular formula is C20H22N4O3S. The zero-order chi connectivity index (χ0) is 19.7. The first-order valence-corrected chi connectivity index (χ1v) is 10.0. The highest BCUT2D eigenvalue weighted by molar-refractivity contribution is 7.14. The maximum Gasteiger partial charge on any atom is 0.275 e. The number of nitrogens with one attached hydrogen (secondary N) is 1. The standard InChI is InChI=1S/C20H22N4O3S/c1-24-18(13-6-4-5-7-15(13)23-24)19(25)22-20-21-16(11-28-20)14-10-12(26-2)8-9-17(14)27-3/h8-11H,4-7H2,1-3H3,(H,21,22,25). The summed E-state index contributed by atoms with van der Waals surface area (Å²) in [7, 11) is 5.06. The Hall–Kier alpha value is -2.87. The van der Waals surface area contributed by atoms with Gasteiger partial charge in [0.25, 0.3) is 5.91 Å². The first kappa shape index (κ1) is 18.5. The highest BCUT2D eigenvalue weighted by Crippen LogP contribution is 2.35. The van der Waals surface area contributed by atoms with E-state index in [0.29, 0.717) is 16.6 Å². The summed E-state index contributed by atoms with van der Waals surface area (Å²) in [6.07, 6.45) is 4.06. The van der Waals surface area contributed by atoms with Crippen LogP contribution in [0.15, 0.2) is 23.6 Å². The summed E-state index contributed by atoms with van der Waals surface area (Å²) < 4.78 is 12.4. The molecule has 3 aromatic rings. The number of hydrogen-bond acceptors (Lipinski definition) is 6. The van der Waals surface area contributed by atoms with Crippen molar-refractivity contribution in [1.82, 2.24) is 14.8 Å². The molecule has 2 heterocycles. The molecule has 28 heavy (non-hydrogen) atoms. The molecule has 4 rings (SSSR count). The average Bonchev–Trinajstić information content (AvgIpc) is 3.30. The molecule has 0 fully saturated rings. The minimum atomic E-state index is -0.170. The molecule has 0 bridgehead atoms. The Morgan fingerprint density at radius 3 is 2.82 bits per heavy atom. The summed E-state index contributed by atoms with van der Waals surface area (Å²) in [4.78, 5) is 17.5. The normalized spacial score (nSPS) is 13.1. The number of aryl methyl sites for hydroxylation is 2. The van der Waals surface area contributed by atoms with Crippen molar-refractivity contribution in [3.8, 4) is 22.8 Å². The number of benzene rings is 1. The molecule has 0 aliphatic heterocycles. The van der Waals surface area contributed by atoms with Crippen LogP contribution in [0.4, 0.5) is 5.13 Å². The summed E-state index contributed by atoms with van der Waals surface area (Å²) >= 11 is 1.38. The van der Waals surface area contributed by atoms with E-state index in [1.165, 1.54) is 11.3 Å². The van der Waals surface area contributed by atoms with Gasteiger partial charge in [-0.15, -0.1) is 11.3 Å². The molecule has 8 heteroatoms. The number of amides is 1. The van der Waals surface area contributed by atoms with Crippen molar-refractivity contribution < 1.29 is 14.3 Å². The lowest BCUT2D eigenvalue weighted by Crippen LogP contribution is -2.18. The van der Waals surface area contributed by atoms with Gasteiger partial charge in [0.2, 0.25) is 0 Å². The van der Waals surface area contributed by atoms with E-state index in [4.69, 9.17) is 9.47 Å². The number of anilines is 1. The molecule has 1 aliphatic carbocycles. The molecule has 1 aliphatic rings. The molecule has 0 spiro atoms. The minimum absolute atomic E-state index is 0.170. The smallest absolute Gasteiger partial charge is 0.275 e. The summed E-state index contributed by atoms with van der Waals surface area (Å²) in [5.74, 6) is 1.25. The molecule has 146 valence electrons. The van der Waals surface area contributed by atoms with Gasteiger partial charge in [0.15, 0.2) is 5.13 Å². The van der Waals surface area contributed by atoms with E-state index in [9.17, 15) is 4.79 Å². The summed E-state index contributed by atoms with van der Waals surface area (Å²) in [6, 6.07) is 5.55. The van der Waals surface area contributed by atoms with Crippen LogP contribution in [0.2, 0.25) is 0 Å². The highest BCUT2D eigenvalue weighted by atomic mass is 32.1. The SMILES string of the molecule is COc1ccc(OC)c(-c2csc(NC(=O)c3c4c(nn3C)CCCC4)n2)c1. The molecule has 0 unspecified atom stereocenters. The lowest BCUT2D eigenvalue weighted by molar-refractivity contribution is 0.101. The lowest BCUT2D eigenvalue weighted by Gasteiger charge is -2.10. The molecule has 0 saturated heterocycles. The molecule has 1 N–H and O–H groups in total. The third kappa shape index (κ3) is 3.35. The van der Waals surface area contributed by atoms with Gasteiger partial charge < -0.3 is 9.47 Å². The van der Waals surface area contributed by atoms with Gasteiger partial charge in [-0.05, 0) is 43.9 Å². The van der Waals surface area contributed by atoms with Crippen molar-refractivity contribution in [1.29, 1.82) is 0 Å². The van der Waals surface area contributed by atoms with E-state index >= 15 is 0 Å². The van der Waals surface area contributed by atoms with Crippen LogP contribution in [0, 0.1) is 0 Å². The maximum absolute atomic E-state index is 12.9. The number of nitrogens with zero attached hydrogens (tertiary/aromatic N) is 3. The second-order valence-electron chi connectivity index (χ2n) is 6.66. The quantitative estimate of drug-likeness (QED) is 0.709. The maximum atomic E-state index is 12.9. The van der Waals surface area contributed by atoms with E-state index in [1.807, 2.05) is 30.6 Å². The number of rotatable bonds is 5. The minimum Gasteiger partial charge on any atom is -0.497 e. The fraction of sp³-hybridized carbons (Fsp3) is 0.350. The second-order valence-corrected chi connectivity index (χ2v) is 7.52. The first-order valence-electron chi connectivity index (χ1n) is 9.14. The van der Waals surface area contributed by atoms with Crippen molar-refractivity contribution in [2.75, 3.05) is 19.5 Å². The van der Waals surface area contributed by atoms with Gasteiger partial charge >= 0.3 is 0 Å². The molecular weight excluding hydrogens is 376 g/mol. The van der Waals surface area contributed by atoms with Crippen LogP contribution in [-0.2, 0) is 19.9 Å². The Bertz CT molecular complexity index is 1020. The van der Waals surface area contributed by atoms with E-state index in [0.717, 1.165) is 53.9 Å². The number of aromatic nitrogens is 3. The fourth-order valence-corrected chi connectivity index (χ4v) is 4.30. The van der Waals surface area contributed by atoms with Crippen LogP contribution in [0.3, 0.4) is 0 Å². The summed E-state index contributed by atoms with van der Waals surface area (Å²) in [6.45, 7) is 0. The fourth-order valence-electron chi connectivity index (χ4n) is 3.59. The number of carbonyl (C=O) groups excluding carboxylic acids is 1. The first-order chi connectivity index (χ1) is 13.6. The zero-order valence-electron chi connectivity index (χ0n) is 16.1. The lowest BCUT2D eigenvalue weighted by atomic mass is 9.96. The molecule has 1 aromatic carbocycles. The van der Waals surface area contributed by atoms with E-state index < -0.39 is 0 Å². The molecule has 0 radical (unpaired) electrons. The van der Waals surface area contributed by atoms with Crippen molar-refractivity contribution in [3.05, 3.63) is 40.5 Å². The number of hydrogen-bond donors (Lipinski definition) is 1. The van der Waals surface area contributed by atoms with Crippen LogP contribution in [-0.4, -0.2) is 34.9 Å². The summed E-state index contributed by atoms with van der Waals surface area (Å²) in [5, 5.41) is 9.88. The molecule has 1 amide bonds. The Kier molecular flexibility index (Phi) is 5.04. The number of carbonyl (C=O) groups is 1. The van der Waals surface area contributed by atoms with Gasteiger partial charge in [-0.1, -0.05) is 0 Å². The van der Waals surface area contributed by atoms with Crippen LogP contribution < -0.4 is 14.8 Å². The van der Waals surface area contributed by atoms with Crippen LogP contribution in [0.5, 0.6) is 11.5 Å². The second kappa shape index (κ2) is 7.63. The molecule has 2 aromatic heterocycles. The monoisotopic (exact) mass is 398 g/mol. The van der Waals surface area contributed by atoms with Gasteiger partial charge in [-0.25, -0.2) is 4.98 Å². The van der Waals surface area contributed by atoms with Crippen molar-refractivity contribution in [3.63, 3.8) is 0 Å². The zero-order valence-corrected chi connectivity index (χ0v) is 16.9. The average molecular weight is 398 g/mol. The Morgan fingerprint density at radius 1 is 1.21 bits per heavy atom. The van der Waals surface area contributed by atoms with Crippen LogP contribution >= 0.6 is 11.3 Å². The van der Waals surface area contributed by atoms with E-state index in [1.54, 1.807) is 18.9 Å². The number of thiazole rings is 1. The van der Waals surface area contributed by atoms with Gasteiger partial charge in [-0.2, -0.15) is 5.10 Å².